The van der Waals surface area contributed by atoms with Crippen LogP contribution in [0.25, 0.3) is 0 Å². The number of amides is 2. The lowest BCUT2D eigenvalue weighted by molar-refractivity contribution is -0.0729. The van der Waals surface area contributed by atoms with Gasteiger partial charge < -0.3 is 15.0 Å². The number of urea groups is 1. The number of likely N-dealkylation sites (tertiary alicyclic amines) is 1. The second-order valence-corrected chi connectivity index (χ2v) is 8.48. The first-order valence-corrected chi connectivity index (χ1v) is 10.9. The summed E-state index contributed by atoms with van der Waals surface area (Å²) in [5, 5.41) is 3.23. The van der Waals surface area contributed by atoms with Gasteiger partial charge in [0.2, 0.25) is 0 Å². The van der Waals surface area contributed by atoms with Gasteiger partial charge in [-0.15, -0.1) is 0 Å². The van der Waals surface area contributed by atoms with Crippen LogP contribution >= 0.6 is 0 Å². The van der Waals surface area contributed by atoms with E-state index >= 15 is 0 Å². The third kappa shape index (κ3) is 3.81. The smallest absolute Gasteiger partial charge is 0.318 e. The Bertz CT molecular complexity index is 1070. The maximum absolute atomic E-state index is 13.2. The van der Waals surface area contributed by atoms with Crippen molar-refractivity contribution in [3.8, 4) is 0 Å². The second kappa shape index (κ2) is 8.16. The monoisotopic (exact) mass is 413 g/mol. The van der Waals surface area contributed by atoms with Gasteiger partial charge in [-0.2, -0.15) is 0 Å². The Labute approximate surface area is 183 Å². The van der Waals surface area contributed by atoms with Crippen molar-refractivity contribution >= 4 is 6.03 Å². The van der Waals surface area contributed by atoms with Crippen LogP contribution in [0.4, 0.5) is 4.79 Å². The molecule has 1 atom stereocenters. The van der Waals surface area contributed by atoms with Crippen LogP contribution in [0.15, 0.2) is 72.9 Å². The molecule has 1 N–H and O–H groups in total. The molecule has 31 heavy (non-hydrogen) atoms. The molecule has 1 saturated heterocycles. The number of ether oxygens (including phenoxy) is 1. The molecule has 1 unspecified atom stereocenters. The first-order chi connectivity index (χ1) is 15.1. The lowest BCUT2D eigenvalue weighted by atomic mass is 9.84. The number of fused-ring (bicyclic) bond motifs is 2. The van der Waals surface area contributed by atoms with E-state index in [1.807, 2.05) is 35.2 Å². The molecule has 5 rings (SSSR count). The molecule has 2 aliphatic heterocycles. The van der Waals surface area contributed by atoms with Crippen molar-refractivity contribution in [1.82, 2.24) is 15.2 Å². The molecule has 2 aliphatic rings. The molecular formula is C26H27N3O2. The van der Waals surface area contributed by atoms with E-state index in [-0.39, 0.29) is 17.7 Å². The minimum absolute atomic E-state index is 0.0571. The van der Waals surface area contributed by atoms with Gasteiger partial charge in [0.25, 0.3) is 0 Å². The molecule has 158 valence electrons. The fraction of sp³-hybridized carbons (Fsp3) is 0.308. The van der Waals surface area contributed by atoms with Gasteiger partial charge in [-0.1, -0.05) is 60.2 Å². The summed E-state index contributed by atoms with van der Waals surface area (Å²) in [4.78, 5) is 19.7. The Balaban J connectivity index is 1.32. The molecule has 3 aromatic rings. The molecule has 3 heterocycles. The van der Waals surface area contributed by atoms with Crippen LogP contribution < -0.4 is 5.32 Å². The maximum atomic E-state index is 13.2. The number of carbonyl (C=O) groups excluding carboxylic acids is 1. The molecule has 1 fully saturated rings. The molecule has 2 aromatic carbocycles. The van der Waals surface area contributed by atoms with E-state index in [2.05, 4.69) is 53.6 Å². The van der Waals surface area contributed by atoms with Gasteiger partial charge >= 0.3 is 6.03 Å². The summed E-state index contributed by atoms with van der Waals surface area (Å²) in [6.45, 7) is 4.06. The lowest BCUT2D eigenvalue weighted by Crippen LogP contribution is -2.49. The number of pyridine rings is 1. The number of hydrogen-bond donors (Lipinski definition) is 1. The van der Waals surface area contributed by atoms with E-state index in [0.717, 1.165) is 29.7 Å². The van der Waals surface area contributed by atoms with E-state index < -0.39 is 0 Å². The number of hydrogen-bond acceptors (Lipinski definition) is 3. The Morgan fingerprint density at radius 2 is 1.87 bits per heavy atom. The van der Waals surface area contributed by atoms with Gasteiger partial charge in [-0.25, -0.2) is 4.79 Å². The minimum atomic E-state index is -0.284. The average molecular weight is 414 g/mol. The average Bonchev–Trinajstić information content (AvgIpc) is 3.16. The third-order valence-electron chi connectivity index (χ3n) is 6.50. The molecular weight excluding hydrogens is 386 g/mol. The molecule has 1 spiro atoms. The Morgan fingerprint density at radius 1 is 1.06 bits per heavy atom. The van der Waals surface area contributed by atoms with E-state index in [4.69, 9.17) is 4.74 Å². The second-order valence-electron chi connectivity index (χ2n) is 8.48. The molecule has 0 radical (unpaired) electrons. The van der Waals surface area contributed by atoms with E-state index in [1.165, 1.54) is 11.1 Å². The SMILES string of the molecule is Cc1cccc(C(NC(=O)N2CCC3(CC2)OCc2ccccc23)c2ccccn2)c1. The number of nitrogens with one attached hydrogen (secondary N) is 1. The molecule has 0 bridgehead atoms. The molecule has 5 heteroatoms. The van der Waals surface area contributed by atoms with Crippen molar-refractivity contribution in [3.05, 3.63) is 101 Å². The van der Waals surface area contributed by atoms with Gasteiger partial charge in [0.15, 0.2) is 0 Å². The maximum Gasteiger partial charge on any atom is 0.318 e. The quantitative estimate of drug-likeness (QED) is 0.677. The van der Waals surface area contributed by atoms with Crippen LogP contribution in [0.5, 0.6) is 0 Å². The number of rotatable bonds is 3. The number of piperidine rings is 1. The predicted octanol–water partition coefficient (Wildman–Crippen LogP) is 4.71. The van der Waals surface area contributed by atoms with Crippen molar-refractivity contribution < 1.29 is 9.53 Å². The van der Waals surface area contributed by atoms with Crippen molar-refractivity contribution in [1.29, 1.82) is 0 Å². The van der Waals surface area contributed by atoms with Gasteiger partial charge in [0.05, 0.1) is 23.9 Å². The highest BCUT2D eigenvalue weighted by molar-refractivity contribution is 5.75. The molecule has 0 saturated carbocycles. The predicted molar refractivity (Wildman–Crippen MR) is 120 cm³/mol. The Kier molecular flexibility index (Phi) is 5.20. The topological polar surface area (TPSA) is 54.5 Å². The summed E-state index contributed by atoms with van der Waals surface area (Å²) in [6, 6.07) is 22.1. The van der Waals surface area contributed by atoms with Gasteiger partial charge in [-0.3, -0.25) is 4.98 Å². The lowest BCUT2D eigenvalue weighted by Gasteiger charge is -2.39. The van der Waals surface area contributed by atoms with E-state index in [0.29, 0.717) is 19.7 Å². The van der Waals surface area contributed by atoms with Gasteiger partial charge in [-0.05, 0) is 48.6 Å². The first-order valence-electron chi connectivity index (χ1n) is 10.9. The number of benzene rings is 2. The van der Waals surface area contributed by atoms with Crippen molar-refractivity contribution in [2.24, 2.45) is 0 Å². The van der Waals surface area contributed by atoms with Crippen molar-refractivity contribution in [2.45, 2.75) is 38.0 Å². The van der Waals surface area contributed by atoms with Crippen LogP contribution in [0, 0.1) is 6.92 Å². The molecule has 2 amide bonds. The summed E-state index contributed by atoms with van der Waals surface area (Å²) in [5.41, 5.74) is 5.35. The highest BCUT2D eigenvalue weighted by atomic mass is 16.5. The zero-order chi connectivity index (χ0) is 21.3. The summed E-state index contributed by atoms with van der Waals surface area (Å²) in [5.74, 6) is 0. The minimum Gasteiger partial charge on any atom is -0.365 e. The normalized spacial score (nSPS) is 17.9. The van der Waals surface area contributed by atoms with Crippen LogP contribution in [0.1, 0.15) is 46.8 Å². The van der Waals surface area contributed by atoms with Crippen LogP contribution in [0.2, 0.25) is 0 Å². The van der Waals surface area contributed by atoms with E-state index in [1.54, 1.807) is 6.20 Å². The Morgan fingerprint density at radius 3 is 2.65 bits per heavy atom. The summed E-state index contributed by atoms with van der Waals surface area (Å²) >= 11 is 0. The molecule has 5 nitrogen and oxygen atoms in total. The fourth-order valence-corrected chi connectivity index (χ4v) is 4.81. The molecule has 1 aromatic heterocycles. The Hall–Kier alpha value is -3.18. The van der Waals surface area contributed by atoms with Crippen molar-refractivity contribution in [3.63, 3.8) is 0 Å². The van der Waals surface area contributed by atoms with Gasteiger partial charge in [0, 0.05) is 19.3 Å². The highest BCUT2D eigenvalue weighted by Crippen LogP contribution is 2.44. The zero-order valence-electron chi connectivity index (χ0n) is 17.8. The number of carbonyl (C=O) groups is 1. The number of nitrogens with zero attached hydrogens (tertiary/aromatic N) is 2. The summed E-state index contributed by atoms with van der Waals surface area (Å²) in [7, 11) is 0. The first kappa shape index (κ1) is 19.8. The highest BCUT2D eigenvalue weighted by Gasteiger charge is 2.43. The van der Waals surface area contributed by atoms with Crippen LogP contribution in [0.3, 0.4) is 0 Å². The third-order valence-corrected chi connectivity index (χ3v) is 6.50. The van der Waals surface area contributed by atoms with E-state index in [9.17, 15) is 4.79 Å². The summed E-state index contributed by atoms with van der Waals surface area (Å²) in [6.07, 6.45) is 3.40. The van der Waals surface area contributed by atoms with Crippen molar-refractivity contribution in [2.75, 3.05) is 13.1 Å². The fourth-order valence-electron chi connectivity index (χ4n) is 4.81. The standard InChI is InChI=1S/C26H27N3O2/c1-19-7-6-9-20(17-19)24(23-11-4-5-14-27-23)28-25(30)29-15-12-26(13-16-29)22-10-3-2-8-21(22)18-31-26/h2-11,14,17,24H,12-13,15-16,18H2,1H3,(H,28,30). The zero-order valence-corrected chi connectivity index (χ0v) is 17.8. The molecule has 0 aliphatic carbocycles. The number of aromatic nitrogens is 1. The number of aryl methyl sites for hydroxylation is 1. The van der Waals surface area contributed by atoms with Crippen LogP contribution in [-0.4, -0.2) is 29.0 Å². The van der Waals surface area contributed by atoms with Crippen LogP contribution in [-0.2, 0) is 16.9 Å². The summed E-state index contributed by atoms with van der Waals surface area (Å²) < 4.78 is 6.24. The van der Waals surface area contributed by atoms with Gasteiger partial charge in [0.1, 0.15) is 0 Å². The largest absolute Gasteiger partial charge is 0.365 e.